The van der Waals surface area contributed by atoms with Gasteiger partial charge in [0.25, 0.3) is 0 Å². The summed E-state index contributed by atoms with van der Waals surface area (Å²) < 4.78 is 4.65. The van der Waals surface area contributed by atoms with Gasteiger partial charge in [-0.25, -0.2) is 14.8 Å². The SMILES string of the molecule is COC(=O)c1nc(I)nc(N)c1O. The number of anilines is 1. The molecular weight excluding hydrogens is 289 g/mol. The molecule has 70 valence electrons. The van der Waals surface area contributed by atoms with E-state index in [4.69, 9.17) is 5.73 Å². The molecule has 0 saturated heterocycles. The average molecular weight is 295 g/mol. The summed E-state index contributed by atoms with van der Waals surface area (Å²) in [7, 11) is 1.19. The van der Waals surface area contributed by atoms with Gasteiger partial charge in [-0.1, -0.05) is 0 Å². The van der Waals surface area contributed by atoms with Crippen molar-refractivity contribution < 1.29 is 14.6 Å². The number of nitrogens with zero attached hydrogens (tertiary/aromatic N) is 2. The van der Waals surface area contributed by atoms with E-state index in [0.29, 0.717) is 0 Å². The van der Waals surface area contributed by atoms with E-state index in [9.17, 15) is 9.90 Å². The van der Waals surface area contributed by atoms with Crippen LogP contribution in [-0.2, 0) is 4.74 Å². The minimum Gasteiger partial charge on any atom is -0.503 e. The highest BCUT2D eigenvalue weighted by atomic mass is 127. The first-order valence-electron chi connectivity index (χ1n) is 3.16. The van der Waals surface area contributed by atoms with Crippen LogP contribution in [0.25, 0.3) is 0 Å². The Balaban J connectivity index is 3.28. The number of halogens is 1. The first-order chi connectivity index (χ1) is 6.06. The second-order valence-electron chi connectivity index (χ2n) is 2.07. The maximum absolute atomic E-state index is 11.0. The molecule has 0 bridgehead atoms. The van der Waals surface area contributed by atoms with Gasteiger partial charge in [0.15, 0.2) is 21.1 Å². The van der Waals surface area contributed by atoms with Crippen LogP contribution in [0.15, 0.2) is 0 Å². The van der Waals surface area contributed by atoms with Crippen molar-refractivity contribution in [1.82, 2.24) is 9.97 Å². The quantitative estimate of drug-likeness (QED) is 0.435. The Labute approximate surface area is 87.3 Å². The Morgan fingerprint density at radius 3 is 2.77 bits per heavy atom. The molecule has 7 heteroatoms. The lowest BCUT2D eigenvalue weighted by Crippen LogP contribution is -2.09. The van der Waals surface area contributed by atoms with Gasteiger partial charge in [0.05, 0.1) is 7.11 Å². The number of nitrogen functional groups attached to an aromatic ring is 1. The summed E-state index contributed by atoms with van der Waals surface area (Å²) in [6.07, 6.45) is 0. The van der Waals surface area contributed by atoms with E-state index in [1.165, 1.54) is 7.11 Å². The van der Waals surface area contributed by atoms with Crippen molar-refractivity contribution in [2.45, 2.75) is 0 Å². The van der Waals surface area contributed by atoms with E-state index in [2.05, 4.69) is 14.7 Å². The molecule has 0 aliphatic heterocycles. The van der Waals surface area contributed by atoms with Gasteiger partial charge in [-0.15, -0.1) is 0 Å². The minimum absolute atomic E-state index is 0.139. The zero-order chi connectivity index (χ0) is 10.0. The Morgan fingerprint density at radius 1 is 1.62 bits per heavy atom. The molecule has 0 amide bonds. The molecule has 0 aliphatic carbocycles. The van der Waals surface area contributed by atoms with Crippen molar-refractivity contribution in [3.63, 3.8) is 0 Å². The van der Waals surface area contributed by atoms with E-state index in [1.807, 2.05) is 0 Å². The lowest BCUT2D eigenvalue weighted by atomic mass is 10.3. The van der Waals surface area contributed by atoms with Crippen molar-refractivity contribution in [3.05, 3.63) is 9.53 Å². The fourth-order valence-corrected chi connectivity index (χ4v) is 1.18. The molecule has 0 aromatic carbocycles. The van der Waals surface area contributed by atoms with Crippen LogP contribution in [-0.4, -0.2) is 28.2 Å². The molecule has 0 unspecified atom stereocenters. The lowest BCUT2D eigenvalue weighted by molar-refractivity contribution is 0.0590. The van der Waals surface area contributed by atoms with E-state index in [0.717, 1.165) is 0 Å². The highest BCUT2D eigenvalue weighted by molar-refractivity contribution is 14.1. The third-order valence-corrected chi connectivity index (χ3v) is 1.74. The molecule has 0 spiro atoms. The Morgan fingerprint density at radius 2 is 2.23 bits per heavy atom. The van der Waals surface area contributed by atoms with E-state index >= 15 is 0 Å². The van der Waals surface area contributed by atoms with Crippen LogP contribution in [0, 0.1) is 3.83 Å². The van der Waals surface area contributed by atoms with Crippen molar-refractivity contribution in [3.8, 4) is 5.75 Å². The number of aromatic nitrogens is 2. The molecule has 0 aliphatic rings. The minimum atomic E-state index is -0.746. The second-order valence-corrected chi connectivity index (χ2v) is 3.03. The number of hydrogen-bond donors (Lipinski definition) is 2. The Bertz CT molecular complexity index is 355. The Kier molecular flexibility index (Phi) is 2.86. The van der Waals surface area contributed by atoms with Crippen LogP contribution < -0.4 is 5.73 Å². The molecule has 6 nitrogen and oxygen atoms in total. The molecule has 0 saturated carbocycles. The van der Waals surface area contributed by atoms with Gasteiger partial charge in [0.2, 0.25) is 0 Å². The van der Waals surface area contributed by atoms with E-state index in [-0.39, 0.29) is 15.3 Å². The largest absolute Gasteiger partial charge is 0.503 e. The van der Waals surface area contributed by atoms with Gasteiger partial charge in [0, 0.05) is 22.6 Å². The number of carbonyl (C=O) groups is 1. The van der Waals surface area contributed by atoms with Crippen molar-refractivity contribution in [2.75, 3.05) is 12.8 Å². The summed E-state index contributed by atoms with van der Waals surface area (Å²) in [5, 5.41) is 9.27. The number of carbonyl (C=O) groups excluding carboxylic acids is 1. The first-order valence-corrected chi connectivity index (χ1v) is 4.24. The first kappa shape index (κ1) is 9.96. The molecule has 1 heterocycles. The van der Waals surface area contributed by atoms with Crippen molar-refractivity contribution >= 4 is 34.4 Å². The average Bonchev–Trinajstić information content (AvgIpc) is 2.10. The van der Waals surface area contributed by atoms with E-state index < -0.39 is 11.7 Å². The zero-order valence-corrected chi connectivity index (χ0v) is 8.77. The maximum atomic E-state index is 11.0. The Hall–Kier alpha value is -1.12. The molecule has 3 N–H and O–H groups in total. The fraction of sp³-hybridized carbons (Fsp3) is 0.167. The van der Waals surface area contributed by atoms with Crippen LogP contribution in [0.2, 0.25) is 0 Å². The van der Waals surface area contributed by atoms with Gasteiger partial charge >= 0.3 is 5.97 Å². The number of ether oxygens (including phenoxy) is 1. The van der Waals surface area contributed by atoms with Gasteiger partial charge in [-0.05, 0) is 0 Å². The molecule has 13 heavy (non-hydrogen) atoms. The number of aromatic hydroxyl groups is 1. The number of esters is 1. The summed E-state index contributed by atoms with van der Waals surface area (Å²) >= 11 is 1.78. The van der Waals surface area contributed by atoms with Gasteiger partial charge in [0.1, 0.15) is 0 Å². The lowest BCUT2D eigenvalue weighted by Gasteiger charge is -2.03. The van der Waals surface area contributed by atoms with Crippen LogP contribution in [0.3, 0.4) is 0 Å². The standard InChI is InChI=1S/C6H6IN3O3/c1-13-5(12)2-3(11)4(8)10-6(7)9-2/h11H,1H3,(H2,8,9,10). The number of methoxy groups -OCH3 is 1. The molecule has 0 radical (unpaired) electrons. The second kappa shape index (κ2) is 3.73. The number of rotatable bonds is 1. The predicted octanol–water partition coefficient (Wildman–Crippen LogP) is 0.156. The number of nitrogens with two attached hydrogens (primary N) is 1. The fourth-order valence-electron chi connectivity index (χ4n) is 0.683. The van der Waals surface area contributed by atoms with Crippen molar-refractivity contribution in [2.24, 2.45) is 0 Å². The highest BCUT2D eigenvalue weighted by Gasteiger charge is 2.17. The summed E-state index contributed by atoms with van der Waals surface area (Å²) in [5.41, 5.74) is 5.08. The monoisotopic (exact) mass is 295 g/mol. The normalized spacial score (nSPS) is 9.69. The third-order valence-electron chi connectivity index (χ3n) is 1.26. The van der Waals surface area contributed by atoms with Crippen LogP contribution in [0.5, 0.6) is 5.75 Å². The zero-order valence-electron chi connectivity index (χ0n) is 6.61. The molecule has 0 fully saturated rings. The van der Waals surface area contributed by atoms with Gasteiger partial charge in [-0.3, -0.25) is 0 Å². The molecular formula is C6H6IN3O3. The number of hydrogen-bond acceptors (Lipinski definition) is 6. The van der Waals surface area contributed by atoms with Gasteiger partial charge in [-0.2, -0.15) is 0 Å². The topological polar surface area (TPSA) is 98.3 Å². The summed E-state index contributed by atoms with van der Waals surface area (Å²) in [6.45, 7) is 0. The molecule has 1 aromatic rings. The molecule has 0 atom stereocenters. The van der Waals surface area contributed by atoms with E-state index in [1.54, 1.807) is 22.6 Å². The van der Waals surface area contributed by atoms with Crippen LogP contribution in [0.1, 0.15) is 10.5 Å². The summed E-state index contributed by atoms with van der Waals surface area (Å²) in [6, 6.07) is 0. The van der Waals surface area contributed by atoms with Gasteiger partial charge < -0.3 is 15.6 Å². The summed E-state index contributed by atoms with van der Waals surface area (Å²) in [5.74, 6) is -1.34. The van der Waals surface area contributed by atoms with Crippen molar-refractivity contribution in [1.29, 1.82) is 0 Å². The van der Waals surface area contributed by atoms with Crippen LogP contribution in [0.4, 0.5) is 5.82 Å². The summed E-state index contributed by atoms with van der Waals surface area (Å²) in [4.78, 5) is 18.3. The highest BCUT2D eigenvalue weighted by Crippen LogP contribution is 2.22. The van der Waals surface area contributed by atoms with Crippen LogP contribution >= 0.6 is 22.6 Å². The molecule has 1 rings (SSSR count). The third kappa shape index (κ3) is 1.97. The smallest absolute Gasteiger partial charge is 0.360 e. The maximum Gasteiger partial charge on any atom is 0.360 e. The predicted molar refractivity (Wildman–Crippen MR) is 52.2 cm³/mol. The molecule has 1 aromatic heterocycles.